The Morgan fingerprint density at radius 3 is 1.67 bits per heavy atom. The summed E-state index contributed by atoms with van der Waals surface area (Å²) >= 11 is 0. The number of aromatic hydroxyl groups is 1. The molecule has 0 unspecified atom stereocenters. The van der Waals surface area contributed by atoms with Gasteiger partial charge in [0, 0.05) is 0 Å². The Labute approximate surface area is 83.0 Å². The molecule has 1 aromatic rings. The van der Waals surface area contributed by atoms with Crippen LogP contribution in [0.2, 0.25) is 0 Å². The van der Waals surface area contributed by atoms with Crippen LogP contribution < -0.4 is 0 Å². The minimum Gasteiger partial charge on any atom is -0.508 e. The molecule has 7 nitrogen and oxygen atoms in total. The van der Waals surface area contributed by atoms with Gasteiger partial charge in [-0.25, -0.2) is 9.59 Å². The van der Waals surface area contributed by atoms with Crippen molar-refractivity contribution in [3.05, 3.63) is 29.3 Å². The number of hydrogen-bond donors (Lipinski definition) is 3. The van der Waals surface area contributed by atoms with Gasteiger partial charge in [-0.2, -0.15) is 10.5 Å². The third-order valence-corrected chi connectivity index (χ3v) is 1.56. The third-order valence-electron chi connectivity index (χ3n) is 1.56. The summed E-state index contributed by atoms with van der Waals surface area (Å²) in [5, 5.41) is 25.2. The summed E-state index contributed by atoms with van der Waals surface area (Å²) in [5.41, 5.74) is -0.532. The number of carbonyl (C=O) groups excluding carboxylic acids is 2. The van der Waals surface area contributed by atoms with Gasteiger partial charge in [0.2, 0.25) is 0 Å². The molecule has 15 heavy (non-hydrogen) atoms. The average molecular weight is 214 g/mol. The summed E-state index contributed by atoms with van der Waals surface area (Å²) in [5.74, 6) is -2.73. The molecule has 0 aliphatic carbocycles. The molecule has 0 radical (unpaired) electrons. The molecule has 1 rings (SSSR count). The molecule has 0 spiro atoms. The van der Waals surface area contributed by atoms with Crippen LogP contribution in [0, 0.1) is 0 Å². The van der Waals surface area contributed by atoms with Crippen LogP contribution in [-0.2, 0) is 9.78 Å². The quantitative estimate of drug-likeness (QED) is 0.489. The first kappa shape index (κ1) is 11.0. The van der Waals surface area contributed by atoms with E-state index in [2.05, 4.69) is 9.78 Å². The van der Waals surface area contributed by atoms with Gasteiger partial charge in [-0.1, -0.05) is 0 Å². The molecule has 80 valence electrons. The lowest BCUT2D eigenvalue weighted by molar-refractivity contribution is -0.183. The zero-order valence-corrected chi connectivity index (χ0v) is 7.21. The molecular weight excluding hydrogens is 208 g/mol. The standard InChI is InChI=1S/C8H6O7/c9-6-2-4(7(10)14-12)1-5(3-6)8(11)15-13/h1-3,9,12-13H. The first-order valence-corrected chi connectivity index (χ1v) is 3.64. The van der Waals surface area contributed by atoms with E-state index in [1.807, 2.05) is 0 Å². The Morgan fingerprint density at radius 1 is 0.933 bits per heavy atom. The van der Waals surface area contributed by atoms with Crippen LogP contribution in [0.25, 0.3) is 0 Å². The SMILES string of the molecule is O=C(OO)c1cc(O)cc(C(=O)OO)c1. The topological polar surface area (TPSA) is 113 Å². The number of phenolic OH excluding ortho intramolecular Hbond substituents is 1. The van der Waals surface area contributed by atoms with Gasteiger partial charge in [0.25, 0.3) is 0 Å². The van der Waals surface area contributed by atoms with E-state index in [1.54, 1.807) is 0 Å². The van der Waals surface area contributed by atoms with Gasteiger partial charge < -0.3 is 5.11 Å². The predicted molar refractivity (Wildman–Crippen MR) is 44.2 cm³/mol. The molecule has 0 bridgehead atoms. The van der Waals surface area contributed by atoms with E-state index >= 15 is 0 Å². The van der Waals surface area contributed by atoms with E-state index in [0.29, 0.717) is 0 Å². The van der Waals surface area contributed by atoms with Crippen molar-refractivity contribution in [2.45, 2.75) is 0 Å². The van der Waals surface area contributed by atoms with Gasteiger partial charge in [-0.15, -0.1) is 0 Å². The summed E-state index contributed by atoms with van der Waals surface area (Å²) in [6, 6.07) is 2.90. The van der Waals surface area contributed by atoms with E-state index in [9.17, 15) is 9.59 Å². The summed E-state index contributed by atoms with van der Waals surface area (Å²) < 4.78 is 0. The molecule has 3 N–H and O–H groups in total. The van der Waals surface area contributed by atoms with Crippen molar-refractivity contribution < 1.29 is 35.0 Å². The summed E-state index contributed by atoms with van der Waals surface area (Å²) in [4.78, 5) is 28.5. The predicted octanol–water partition coefficient (Wildman–Crippen LogP) is 0.652. The monoisotopic (exact) mass is 214 g/mol. The molecular formula is C8H6O7. The van der Waals surface area contributed by atoms with E-state index in [-0.39, 0.29) is 11.1 Å². The minimum atomic E-state index is -1.15. The fourth-order valence-corrected chi connectivity index (χ4v) is 0.952. The van der Waals surface area contributed by atoms with Gasteiger partial charge in [0.1, 0.15) is 5.75 Å². The fraction of sp³-hybridized carbons (Fsp3) is 0. The molecule has 7 heteroatoms. The second-order valence-electron chi connectivity index (χ2n) is 2.53. The first-order chi connectivity index (χ1) is 7.08. The van der Waals surface area contributed by atoms with Gasteiger partial charge in [0.05, 0.1) is 11.1 Å². The van der Waals surface area contributed by atoms with E-state index in [4.69, 9.17) is 15.6 Å². The average Bonchev–Trinajstić information content (AvgIpc) is 2.26. The van der Waals surface area contributed by atoms with E-state index in [0.717, 1.165) is 18.2 Å². The maximum atomic E-state index is 10.8. The number of benzene rings is 1. The maximum Gasteiger partial charge on any atom is 0.372 e. The minimum absolute atomic E-state index is 0.266. The van der Waals surface area contributed by atoms with E-state index in [1.165, 1.54) is 0 Å². The molecule has 0 aromatic heterocycles. The van der Waals surface area contributed by atoms with Crippen molar-refractivity contribution in [1.82, 2.24) is 0 Å². The number of phenols is 1. The highest BCUT2D eigenvalue weighted by atomic mass is 17.1. The lowest BCUT2D eigenvalue weighted by Crippen LogP contribution is -2.06. The highest BCUT2D eigenvalue weighted by Gasteiger charge is 2.14. The van der Waals surface area contributed by atoms with Crippen LogP contribution in [0.1, 0.15) is 20.7 Å². The Bertz CT molecular complexity index is 364. The smallest absolute Gasteiger partial charge is 0.372 e. The lowest BCUT2D eigenvalue weighted by atomic mass is 10.1. The lowest BCUT2D eigenvalue weighted by Gasteiger charge is -2.01. The van der Waals surface area contributed by atoms with Gasteiger partial charge in [-0.05, 0) is 18.2 Å². The normalized spacial score (nSPS) is 9.47. The Hall–Kier alpha value is -2.12. The van der Waals surface area contributed by atoms with Crippen molar-refractivity contribution >= 4 is 11.9 Å². The van der Waals surface area contributed by atoms with Crippen molar-refractivity contribution in [2.75, 3.05) is 0 Å². The Kier molecular flexibility index (Phi) is 3.21. The molecule has 0 fully saturated rings. The molecule has 0 saturated carbocycles. The second kappa shape index (κ2) is 4.40. The molecule has 0 amide bonds. The van der Waals surface area contributed by atoms with Crippen molar-refractivity contribution in [2.24, 2.45) is 0 Å². The Balaban J connectivity index is 3.16. The van der Waals surface area contributed by atoms with Gasteiger partial charge in [0.15, 0.2) is 0 Å². The van der Waals surface area contributed by atoms with Crippen LogP contribution >= 0.6 is 0 Å². The van der Waals surface area contributed by atoms with Crippen LogP contribution in [0.5, 0.6) is 5.75 Å². The fourth-order valence-electron chi connectivity index (χ4n) is 0.952. The third kappa shape index (κ3) is 2.42. The highest BCUT2D eigenvalue weighted by molar-refractivity contribution is 5.95. The number of hydrogen-bond acceptors (Lipinski definition) is 7. The van der Waals surface area contributed by atoms with E-state index < -0.39 is 17.7 Å². The summed E-state index contributed by atoms with van der Waals surface area (Å²) in [7, 11) is 0. The van der Waals surface area contributed by atoms with Crippen LogP contribution in [-0.4, -0.2) is 27.6 Å². The first-order valence-electron chi connectivity index (χ1n) is 3.64. The molecule has 0 atom stereocenters. The summed E-state index contributed by atoms with van der Waals surface area (Å²) in [6.45, 7) is 0. The van der Waals surface area contributed by atoms with Crippen molar-refractivity contribution in [3.63, 3.8) is 0 Å². The van der Waals surface area contributed by atoms with Crippen molar-refractivity contribution in [1.29, 1.82) is 0 Å². The highest BCUT2D eigenvalue weighted by Crippen LogP contribution is 2.17. The summed E-state index contributed by atoms with van der Waals surface area (Å²) in [6.07, 6.45) is 0. The molecule has 0 aliphatic heterocycles. The zero-order valence-electron chi connectivity index (χ0n) is 7.21. The molecule has 0 heterocycles. The van der Waals surface area contributed by atoms with Crippen LogP contribution in [0.4, 0.5) is 0 Å². The largest absolute Gasteiger partial charge is 0.508 e. The van der Waals surface area contributed by atoms with Crippen molar-refractivity contribution in [3.8, 4) is 5.75 Å². The Morgan fingerprint density at radius 2 is 1.33 bits per heavy atom. The zero-order chi connectivity index (χ0) is 11.4. The van der Waals surface area contributed by atoms with Crippen LogP contribution in [0.3, 0.4) is 0 Å². The molecule has 0 saturated heterocycles. The number of carbonyl (C=O) groups is 2. The molecule has 0 aliphatic rings. The van der Waals surface area contributed by atoms with Crippen LogP contribution in [0.15, 0.2) is 18.2 Å². The maximum absolute atomic E-state index is 10.8. The van der Waals surface area contributed by atoms with Gasteiger partial charge in [-0.3, -0.25) is 9.78 Å². The second-order valence-corrected chi connectivity index (χ2v) is 2.53. The number of rotatable bonds is 2. The molecule has 1 aromatic carbocycles. The van der Waals surface area contributed by atoms with Gasteiger partial charge >= 0.3 is 11.9 Å².